The molecule has 2 aliphatic rings. The smallest absolute Gasteiger partial charge is 0.277 e. The van der Waals surface area contributed by atoms with Crippen molar-refractivity contribution >= 4 is 35.1 Å². The first-order valence-corrected chi connectivity index (χ1v) is 8.05. The summed E-state index contributed by atoms with van der Waals surface area (Å²) in [4.78, 5) is 13.5. The standard InChI is InChI=1S/C14H14N2O3S2/c1-6(2)10-9(13(19)16(3)15-10)14-20-11-7(17)4-5-8(18)12(11)21-14/h4-6,17-18H,1-3H3. The quantitative estimate of drug-likeness (QED) is 0.614. The molecular formula is C14H14N2O3S2. The van der Waals surface area contributed by atoms with Gasteiger partial charge in [-0.25, -0.2) is 5.01 Å². The van der Waals surface area contributed by atoms with E-state index in [4.69, 9.17) is 0 Å². The van der Waals surface area contributed by atoms with Crippen LogP contribution in [-0.2, 0) is 4.79 Å². The molecule has 0 saturated carbocycles. The molecule has 0 saturated heterocycles. The van der Waals surface area contributed by atoms with Gasteiger partial charge in [-0.1, -0.05) is 37.4 Å². The van der Waals surface area contributed by atoms with E-state index in [9.17, 15) is 15.0 Å². The Morgan fingerprint density at radius 2 is 1.67 bits per heavy atom. The fourth-order valence-electron chi connectivity index (χ4n) is 2.17. The molecule has 110 valence electrons. The molecule has 1 aromatic rings. The van der Waals surface area contributed by atoms with Crippen molar-refractivity contribution in [3.05, 3.63) is 21.9 Å². The highest BCUT2D eigenvalue weighted by Gasteiger charge is 2.36. The van der Waals surface area contributed by atoms with E-state index in [0.29, 0.717) is 15.4 Å². The van der Waals surface area contributed by atoms with Crippen LogP contribution in [0.3, 0.4) is 0 Å². The first kappa shape index (κ1) is 14.3. The highest BCUT2D eigenvalue weighted by molar-refractivity contribution is 8.25. The van der Waals surface area contributed by atoms with E-state index >= 15 is 0 Å². The van der Waals surface area contributed by atoms with E-state index in [0.717, 1.165) is 9.95 Å². The van der Waals surface area contributed by atoms with E-state index in [1.54, 1.807) is 7.05 Å². The van der Waals surface area contributed by atoms with Gasteiger partial charge in [-0.05, 0) is 18.1 Å². The molecule has 1 amide bonds. The maximum Gasteiger partial charge on any atom is 0.277 e. The molecular weight excluding hydrogens is 308 g/mol. The number of carbonyl (C=O) groups excluding carboxylic acids is 1. The molecule has 0 aromatic heterocycles. The maximum atomic E-state index is 12.3. The molecule has 1 aromatic carbocycles. The predicted octanol–water partition coefficient (Wildman–Crippen LogP) is 2.99. The fraction of sp³-hybridized carbons (Fsp3) is 0.286. The lowest BCUT2D eigenvalue weighted by Crippen LogP contribution is -2.18. The van der Waals surface area contributed by atoms with Crippen LogP contribution in [0.25, 0.3) is 0 Å². The minimum Gasteiger partial charge on any atom is -0.507 e. The Labute approximate surface area is 130 Å². The average molecular weight is 322 g/mol. The summed E-state index contributed by atoms with van der Waals surface area (Å²) in [5.74, 6) is 0.185. The molecule has 7 heteroatoms. The number of amides is 1. The highest BCUT2D eigenvalue weighted by atomic mass is 32.2. The van der Waals surface area contributed by atoms with Crippen molar-refractivity contribution in [3.8, 4) is 11.5 Å². The van der Waals surface area contributed by atoms with Crippen molar-refractivity contribution in [2.45, 2.75) is 23.6 Å². The van der Waals surface area contributed by atoms with Gasteiger partial charge in [-0.3, -0.25) is 4.79 Å². The maximum absolute atomic E-state index is 12.3. The second kappa shape index (κ2) is 4.99. The lowest BCUT2D eigenvalue weighted by atomic mass is 10.0. The van der Waals surface area contributed by atoms with Crippen LogP contribution in [0.5, 0.6) is 11.5 Å². The molecule has 0 unspecified atom stereocenters. The summed E-state index contributed by atoms with van der Waals surface area (Å²) < 4.78 is 0.753. The number of phenols is 2. The van der Waals surface area contributed by atoms with Crippen molar-refractivity contribution in [1.82, 2.24) is 5.01 Å². The minimum absolute atomic E-state index is 0.109. The Morgan fingerprint density at radius 1 is 1.14 bits per heavy atom. The molecule has 2 heterocycles. The van der Waals surface area contributed by atoms with Crippen LogP contribution in [0.2, 0.25) is 0 Å². The van der Waals surface area contributed by atoms with Gasteiger partial charge < -0.3 is 10.2 Å². The molecule has 5 nitrogen and oxygen atoms in total. The zero-order valence-corrected chi connectivity index (χ0v) is 13.4. The number of aromatic hydroxyl groups is 2. The van der Waals surface area contributed by atoms with Crippen molar-refractivity contribution in [2.24, 2.45) is 11.0 Å². The molecule has 0 atom stereocenters. The number of hydrogen-bond donors (Lipinski definition) is 2. The predicted molar refractivity (Wildman–Crippen MR) is 83.6 cm³/mol. The highest BCUT2D eigenvalue weighted by Crippen LogP contribution is 2.58. The molecule has 0 radical (unpaired) electrons. The number of fused-ring (bicyclic) bond motifs is 1. The fourth-order valence-corrected chi connectivity index (χ4v) is 4.79. The van der Waals surface area contributed by atoms with Crippen molar-refractivity contribution in [2.75, 3.05) is 7.05 Å². The molecule has 3 rings (SSSR count). The summed E-state index contributed by atoms with van der Waals surface area (Å²) in [6.45, 7) is 3.97. The largest absolute Gasteiger partial charge is 0.507 e. The number of hydrogen-bond acceptors (Lipinski definition) is 6. The van der Waals surface area contributed by atoms with Crippen LogP contribution >= 0.6 is 23.5 Å². The van der Waals surface area contributed by atoms with Gasteiger partial charge >= 0.3 is 0 Å². The number of phenolic OH excluding ortho intramolecular Hbond substituents is 2. The van der Waals surface area contributed by atoms with Crippen LogP contribution < -0.4 is 0 Å². The molecule has 2 N–H and O–H groups in total. The molecule has 0 fully saturated rings. The van der Waals surface area contributed by atoms with Gasteiger partial charge in [0.25, 0.3) is 5.91 Å². The Bertz CT molecular complexity index is 677. The summed E-state index contributed by atoms with van der Waals surface area (Å²) in [7, 11) is 1.63. The second-order valence-corrected chi connectivity index (χ2v) is 7.40. The summed E-state index contributed by atoms with van der Waals surface area (Å²) in [5, 5.41) is 25.5. The van der Waals surface area contributed by atoms with Crippen LogP contribution in [0.1, 0.15) is 13.8 Å². The van der Waals surface area contributed by atoms with Gasteiger partial charge in [0.1, 0.15) is 11.5 Å². The third-order valence-corrected chi connectivity index (χ3v) is 5.88. The van der Waals surface area contributed by atoms with Crippen LogP contribution in [0, 0.1) is 5.92 Å². The van der Waals surface area contributed by atoms with E-state index in [2.05, 4.69) is 5.10 Å². The summed E-state index contributed by atoms with van der Waals surface area (Å²) in [6.07, 6.45) is 0. The third-order valence-electron chi connectivity index (χ3n) is 3.23. The number of hydrazone groups is 1. The van der Waals surface area contributed by atoms with Gasteiger partial charge in [0, 0.05) is 7.05 Å². The number of carbonyl (C=O) groups is 1. The SMILES string of the molecule is CC(C)C1=NN(C)C(=O)C1=C1Sc2c(O)ccc(O)c2S1. The number of rotatable bonds is 1. The molecule has 21 heavy (non-hydrogen) atoms. The molecule has 0 bridgehead atoms. The van der Waals surface area contributed by atoms with Crippen LogP contribution in [-0.4, -0.2) is 33.9 Å². The van der Waals surface area contributed by atoms with Crippen molar-refractivity contribution in [3.63, 3.8) is 0 Å². The van der Waals surface area contributed by atoms with E-state index in [-0.39, 0.29) is 23.3 Å². The second-order valence-electron chi connectivity index (χ2n) is 5.10. The summed E-state index contributed by atoms with van der Waals surface area (Å²) >= 11 is 2.61. The Hall–Kier alpha value is -1.60. The summed E-state index contributed by atoms with van der Waals surface area (Å²) in [6, 6.07) is 2.91. The van der Waals surface area contributed by atoms with Crippen LogP contribution in [0.15, 0.2) is 36.8 Å². The zero-order chi connectivity index (χ0) is 15.3. The number of likely N-dealkylation sites (N-methyl/N-ethyl adjacent to an activating group) is 1. The van der Waals surface area contributed by atoms with E-state index in [1.807, 2.05) is 13.8 Å². The van der Waals surface area contributed by atoms with Gasteiger partial charge in [-0.15, -0.1) is 0 Å². The Morgan fingerprint density at radius 3 is 2.14 bits per heavy atom. The molecule has 0 aliphatic carbocycles. The van der Waals surface area contributed by atoms with E-state index < -0.39 is 0 Å². The van der Waals surface area contributed by atoms with Crippen LogP contribution in [0.4, 0.5) is 0 Å². The van der Waals surface area contributed by atoms with Crippen molar-refractivity contribution in [1.29, 1.82) is 0 Å². The van der Waals surface area contributed by atoms with Gasteiger partial charge in [0.05, 0.1) is 25.3 Å². The first-order chi connectivity index (χ1) is 9.90. The first-order valence-electron chi connectivity index (χ1n) is 6.42. The average Bonchev–Trinajstić information content (AvgIpc) is 2.98. The molecule has 0 spiro atoms. The lowest BCUT2D eigenvalue weighted by Gasteiger charge is -2.07. The zero-order valence-electron chi connectivity index (χ0n) is 11.7. The lowest BCUT2D eigenvalue weighted by molar-refractivity contribution is -0.124. The van der Waals surface area contributed by atoms with E-state index in [1.165, 1.54) is 40.7 Å². The van der Waals surface area contributed by atoms with Gasteiger partial charge in [0.15, 0.2) is 0 Å². The number of benzene rings is 1. The third kappa shape index (κ3) is 2.20. The Kier molecular flexibility index (Phi) is 3.41. The van der Waals surface area contributed by atoms with Gasteiger partial charge in [-0.2, -0.15) is 5.10 Å². The topological polar surface area (TPSA) is 73.1 Å². The Balaban J connectivity index is 2.10. The minimum atomic E-state index is -0.152. The van der Waals surface area contributed by atoms with Crippen molar-refractivity contribution < 1.29 is 15.0 Å². The van der Waals surface area contributed by atoms with Gasteiger partial charge in [0.2, 0.25) is 0 Å². The summed E-state index contributed by atoms with van der Waals surface area (Å²) in [5.41, 5.74) is 1.31. The monoisotopic (exact) mass is 322 g/mol. The molecule has 2 aliphatic heterocycles. The normalized spacial score (nSPS) is 17.8. The number of thioether (sulfide) groups is 2. The number of nitrogens with zero attached hydrogens (tertiary/aromatic N) is 2.